The molecule has 0 amide bonds. The molecule has 0 atom stereocenters. The zero-order valence-electron chi connectivity index (χ0n) is 7.92. The topological polar surface area (TPSA) is 32.7 Å². The van der Waals surface area contributed by atoms with Gasteiger partial charge in [0.15, 0.2) is 0 Å². The third-order valence-corrected chi connectivity index (χ3v) is 2.41. The molecule has 1 aliphatic heterocycles. The normalized spacial score (nSPS) is 18.5. The van der Waals surface area contributed by atoms with Crippen molar-refractivity contribution >= 4 is 6.08 Å². The standard InChI is InChI=1S/C10H14N2O/c1-12-7-4-10(5-8-12)3-2-6-11-9-13/h10H,3-5,7-8H2,1H3. The zero-order valence-corrected chi connectivity index (χ0v) is 7.92. The van der Waals surface area contributed by atoms with Crippen LogP contribution in [0.15, 0.2) is 4.99 Å². The summed E-state index contributed by atoms with van der Waals surface area (Å²) in [7, 11) is 2.14. The Labute approximate surface area is 78.8 Å². The van der Waals surface area contributed by atoms with Crippen molar-refractivity contribution in [1.29, 1.82) is 0 Å². The number of nitrogens with zero attached hydrogens (tertiary/aromatic N) is 2. The van der Waals surface area contributed by atoms with Crippen LogP contribution in [0.4, 0.5) is 0 Å². The van der Waals surface area contributed by atoms with Gasteiger partial charge in [0.25, 0.3) is 0 Å². The fourth-order valence-corrected chi connectivity index (χ4v) is 1.52. The number of rotatable bonds is 1. The summed E-state index contributed by atoms with van der Waals surface area (Å²) in [4.78, 5) is 15.2. The number of aliphatic imine (C=N–C) groups is 1. The molecule has 0 aromatic rings. The highest BCUT2D eigenvalue weighted by Gasteiger charge is 2.14. The molecular formula is C10H14N2O. The van der Waals surface area contributed by atoms with E-state index in [2.05, 4.69) is 28.9 Å². The summed E-state index contributed by atoms with van der Waals surface area (Å²) in [5, 5.41) is 0. The van der Waals surface area contributed by atoms with Crippen molar-refractivity contribution in [1.82, 2.24) is 4.90 Å². The molecule has 3 nitrogen and oxygen atoms in total. The lowest BCUT2D eigenvalue weighted by Crippen LogP contribution is -2.29. The zero-order chi connectivity index (χ0) is 9.52. The van der Waals surface area contributed by atoms with Gasteiger partial charge < -0.3 is 4.90 Å². The summed E-state index contributed by atoms with van der Waals surface area (Å²) < 4.78 is 0. The Morgan fingerprint density at radius 2 is 2.15 bits per heavy atom. The molecule has 1 aliphatic rings. The van der Waals surface area contributed by atoms with E-state index in [1.165, 1.54) is 18.9 Å². The third kappa shape index (κ3) is 3.89. The van der Waals surface area contributed by atoms with Crippen molar-refractivity contribution < 1.29 is 4.79 Å². The van der Waals surface area contributed by atoms with Crippen molar-refractivity contribution in [3.8, 4) is 12.0 Å². The molecule has 70 valence electrons. The van der Waals surface area contributed by atoms with Gasteiger partial charge in [0, 0.05) is 12.5 Å². The Bertz CT molecular complexity index is 250. The number of hydrogen-bond acceptors (Lipinski definition) is 3. The number of piperidine rings is 1. The van der Waals surface area contributed by atoms with Crippen molar-refractivity contribution in [3.05, 3.63) is 0 Å². The van der Waals surface area contributed by atoms with E-state index >= 15 is 0 Å². The molecular weight excluding hydrogens is 164 g/mol. The maximum atomic E-state index is 9.70. The van der Waals surface area contributed by atoms with Gasteiger partial charge in [-0.25, -0.2) is 4.79 Å². The first kappa shape index (κ1) is 9.98. The minimum absolute atomic E-state index is 0.686. The van der Waals surface area contributed by atoms with Gasteiger partial charge in [-0.15, -0.1) is 4.99 Å². The molecule has 0 bridgehead atoms. The lowest BCUT2D eigenvalue weighted by Gasteiger charge is -2.27. The predicted molar refractivity (Wildman–Crippen MR) is 50.7 cm³/mol. The second-order valence-electron chi connectivity index (χ2n) is 3.44. The second-order valence-corrected chi connectivity index (χ2v) is 3.44. The Morgan fingerprint density at radius 3 is 2.77 bits per heavy atom. The monoisotopic (exact) mass is 178 g/mol. The molecule has 0 N–H and O–H groups in total. The van der Waals surface area contributed by atoms with Crippen LogP contribution in [0, 0.1) is 17.9 Å². The van der Waals surface area contributed by atoms with E-state index in [0.29, 0.717) is 5.92 Å². The Morgan fingerprint density at radius 1 is 1.46 bits per heavy atom. The SMILES string of the molecule is CN1CCC(CC#CN=C=O)CC1. The molecule has 0 saturated carbocycles. The van der Waals surface area contributed by atoms with Gasteiger partial charge in [0.1, 0.15) is 0 Å². The Kier molecular flexibility index (Phi) is 4.25. The molecule has 0 aliphatic carbocycles. The van der Waals surface area contributed by atoms with Gasteiger partial charge >= 0.3 is 0 Å². The number of carbonyl (C=O) groups excluding carboxylic acids is 1. The summed E-state index contributed by atoms with van der Waals surface area (Å²) in [6, 6.07) is 2.43. The number of likely N-dealkylation sites (tertiary alicyclic amines) is 1. The summed E-state index contributed by atoms with van der Waals surface area (Å²) in [6.45, 7) is 2.31. The molecule has 1 heterocycles. The van der Waals surface area contributed by atoms with E-state index in [-0.39, 0.29) is 0 Å². The van der Waals surface area contributed by atoms with Crippen LogP contribution in [0.5, 0.6) is 0 Å². The minimum Gasteiger partial charge on any atom is -0.306 e. The van der Waals surface area contributed by atoms with Gasteiger partial charge in [-0.05, 0) is 38.9 Å². The fourth-order valence-electron chi connectivity index (χ4n) is 1.52. The van der Waals surface area contributed by atoms with Gasteiger partial charge in [-0.2, -0.15) is 0 Å². The molecule has 1 rings (SSSR count). The summed E-state index contributed by atoms with van der Waals surface area (Å²) in [5.41, 5.74) is 0. The number of isocyanates is 1. The molecule has 0 unspecified atom stereocenters. The average molecular weight is 178 g/mol. The first-order chi connectivity index (χ1) is 6.33. The molecule has 0 aromatic heterocycles. The summed E-state index contributed by atoms with van der Waals surface area (Å²) >= 11 is 0. The molecule has 0 aromatic carbocycles. The fraction of sp³-hybridized carbons (Fsp3) is 0.700. The van der Waals surface area contributed by atoms with Gasteiger partial charge in [0.05, 0.1) is 0 Å². The quantitative estimate of drug-likeness (QED) is 0.341. The maximum Gasteiger partial charge on any atom is 0.249 e. The van der Waals surface area contributed by atoms with E-state index in [1.807, 2.05) is 0 Å². The highest BCUT2D eigenvalue weighted by Crippen LogP contribution is 2.18. The molecule has 1 saturated heterocycles. The lowest BCUT2D eigenvalue weighted by molar-refractivity contribution is 0.222. The molecule has 0 spiro atoms. The van der Waals surface area contributed by atoms with Crippen molar-refractivity contribution in [2.45, 2.75) is 19.3 Å². The van der Waals surface area contributed by atoms with Gasteiger partial charge in [-0.1, -0.05) is 5.92 Å². The highest BCUT2D eigenvalue weighted by molar-refractivity contribution is 5.36. The molecule has 1 fully saturated rings. The summed E-state index contributed by atoms with van der Waals surface area (Å²) in [5.74, 6) is 3.56. The van der Waals surface area contributed by atoms with E-state index in [1.54, 1.807) is 0 Å². The van der Waals surface area contributed by atoms with Crippen molar-refractivity contribution in [2.75, 3.05) is 20.1 Å². The number of hydrogen-bond donors (Lipinski definition) is 0. The average Bonchev–Trinajstić information content (AvgIpc) is 2.15. The maximum absolute atomic E-state index is 9.70. The van der Waals surface area contributed by atoms with Crippen LogP contribution < -0.4 is 0 Å². The second kappa shape index (κ2) is 5.53. The Balaban J connectivity index is 2.24. The van der Waals surface area contributed by atoms with Crippen molar-refractivity contribution in [2.24, 2.45) is 10.9 Å². The predicted octanol–water partition coefficient (Wildman–Crippen LogP) is 1.01. The van der Waals surface area contributed by atoms with Crippen LogP contribution in [-0.4, -0.2) is 31.1 Å². The first-order valence-corrected chi connectivity index (χ1v) is 4.56. The van der Waals surface area contributed by atoms with E-state index in [4.69, 9.17) is 0 Å². The lowest BCUT2D eigenvalue weighted by atomic mass is 9.94. The van der Waals surface area contributed by atoms with E-state index in [9.17, 15) is 4.79 Å². The third-order valence-electron chi connectivity index (χ3n) is 2.41. The van der Waals surface area contributed by atoms with Crippen LogP contribution in [-0.2, 0) is 4.79 Å². The van der Waals surface area contributed by atoms with Crippen LogP contribution in [0.25, 0.3) is 0 Å². The largest absolute Gasteiger partial charge is 0.306 e. The van der Waals surface area contributed by atoms with Crippen LogP contribution in [0.3, 0.4) is 0 Å². The van der Waals surface area contributed by atoms with Gasteiger partial charge in [-0.3, -0.25) is 0 Å². The first-order valence-electron chi connectivity index (χ1n) is 4.56. The van der Waals surface area contributed by atoms with Crippen LogP contribution in [0.2, 0.25) is 0 Å². The molecule has 13 heavy (non-hydrogen) atoms. The molecule has 0 radical (unpaired) electrons. The molecule has 3 heteroatoms. The van der Waals surface area contributed by atoms with Crippen LogP contribution in [0.1, 0.15) is 19.3 Å². The van der Waals surface area contributed by atoms with Crippen molar-refractivity contribution in [3.63, 3.8) is 0 Å². The Hall–Kier alpha value is -1.10. The highest BCUT2D eigenvalue weighted by atomic mass is 16.1. The minimum atomic E-state index is 0.686. The van der Waals surface area contributed by atoms with Crippen LogP contribution >= 0.6 is 0 Å². The summed E-state index contributed by atoms with van der Waals surface area (Å²) in [6.07, 6.45) is 4.67. The van der Waals surface area contributed by atoms with Gasteiger partial charge in [0.2, 0.25) is 6.08 Å². The van der Waals surface area contributed by atoms with E-state index in [0.717, 1.165) is 19.5 Å². The van der Waals surface area contributed by atoms with E-state index < -0.39 is 0 Å². The smallest absolute Gasteiger partial charge is 0.249 e.